The molecule has 0 aliphatic rings. The Morgan fingerprint density at radius 2 is 2.22 bits per heavy atom. The maximum absolute atomic E-state index is 10.8. The topological polar surface area (TPSA) is 70.2 Å². The molecule has 1 aromatic heterocycles. The summed E-state index contributed by atoms with van der Waals surface area (Å²) in [7, 11) is 1.49. The molecule has 6 nitrogen and oxygen atoms in total. The Balaban J connectivity index is 2.35. The number of hydrogen-bond acceptors (Lipinski definition) is 4. The fourth-order valence-electron chi connectivity index (χ4n) is 1.70. The van der Waals surface area contributed by atoms with Crippen LogP contribution in [0.5, 0.6) is 5.75 Å². The van der Waals surface area contributed by atoms with Crippen LogP contribution in [0.15, 0.2) is 30.5 Å². The summed E-state index contributed by atoms with van der Waals surface area (Å²) in [4.78, 5) is 10.4. The molecule has 6 heteroatoms. The van der Waals surface area contributed by atoms with Crippen LogP contribution in [0.4, 0.5) is 5.69 Å². The fraction of sp³-hybridized carbons (Fsp3) is 0.250. The van der Waals surface area contributed by atoms with Gasteiger partial charge in [0.05, 0.1) is 24.6 Å². The van der Waals surface area contributed by atoms with Gasteiger partial charge in [0, 0.05) is 18.0 Å². The Morgan fingerprint density at radius 1 is 1.44 bits per heavy atom. The van der Waals surface area contributed by atoms with Crippen molar-refractivity contribution in [2.45, 2.75) is 13.5 Å². The largest absolute Gasteiger partial charge is 0.496 e. The minimum absolute atomic E-state index is 0.0224. The molecule has 2 aromatic rings. The van der Waals surface area contributed by atoms with Gasteiger partial charge in [-0.25, -0.2) is 0 Å². The standard InChI is InChI=1S/C12H13N3O3/c1-9-3-4-13-14(9)8-10-5-11(15(16)17)7-12(6-10)18-2/h3-7H,8H2,1-2H3. The number of rotatable bonds is 4. The molecular weight excluding hydrogens is 234 g/mol. The minimum atomic E-state index is -0.429. The van der Waals surface area contributed by atoms with Crippen molar-refractivity contribution in [1.29, 1.82) is 0 Å². The second-order valence-corrected chi connectivity index (χ2v) is 3.93. The predicted octanol–water partition coefficient (Wildman–Crippen LogP) is 2.16. The number of benzene rings is 1. The van der Waals surface area contributed by atoms with E-state index in [1.54, 1.807) is 16.9 Å². The average Bonchev–Trinajstić information content (AvgIpc) is 2.74. The Kier molecular flexibility index (Phi) is 3.27. The first kappa shape index (κ1) is 12.1. The van der Waals surface area contributed by atoms with Gasteiger partial charge in [-0.05, 0) is 24.6 Å². The van der Waals surface area contributed by atoms with Crippen LogP contribution in [0.3, 0.4) is 0 Å². The van der Waals surface area contributed by atoms with Crippen molar-refractivity contribution < 1.29 is 9.66 Å². The van der Waals surface area contributed by atoms with Crippen molar-refractivity contribution in [2.75, 3.05) is 7.11 Å². The Bertz CT molecular complexity index is 578. The molecule has 0 aliphatic heterocycles. The number of nitrogens with zero attached hydrogens (tertiary/aromatic N) is 3. The fourth-order valence-corrected chi connectivity index (χ4v) is 1.70. The summed E-state index contributed by atoms with van der Waals surface area (Å²) in [6.07, 6.45) is 1.70. The highest BCUT2D eigenvalue weighted by atomic mass is 16.6. The lowest BCUT2D eigenvalue weighted by Gasteiger charge is -2.07. The number of nitro groups is 1. The second kappa shape index (κ2) is 4.87. The SMILES string of the molecule is COc1cc(Cn2nccc2C)cc([N+](=O)[O-])c1. The number of nitro benzene ring substituents is 1. The number of aryl methyl sites for hydroxylation is 1. The third-order valence-corrected chi connectivity index (χ3v) is 2.66. The molecule has 1 heterocycles. The molecule has 94 valence electrons. The van der Waals surface area contributed by atoms with E-state index in [0.29, 0.717) is 12.3 Å². The first-order valence-electron chi connectivity index (χ1n) is 5.41. The molecule has 0 bridgehead atoms. The summed E-state index contributed by atoms with van der Waals surface area (Å²) in [5, 5.41) is 15.0. The normalized spacial score (nSPS) is 10.3. The van der Waals surface area contributed by atoms with Crippen molar-refractivity contribution in [3.05, 3.63) is 51.8 Å². The van der Waals surface area contributed by atoms with Gasteiger partial charge in [-0.2, -0.15) is 5.10 Å². The van der Waals surface area contributed by atoms with Gasteiger partial charge in [0.15, 0.2) is 0 Å². The predicted molar refractivity (Wildman–Crippen MR) is 65.7 cm³/mol. The van der Waals surface area contributed by atoms with E-state index in [4.69, 9.17) is 4.74 Å². The van der Waals surface area contributed by atoms with E-state index in [2.05, 4.69) is 5.10 Å². The van der Waals surface area contributed by atoms with Crippen LogP contribution in [-0.2, 0) is 6.54 Å². The van der Waals surface area contributed by atoms with Gasteiger partial charge in [0.25, 0.3) is 5.69 Å². The molecular formula is C12H13N3O3. The smallest absolute Gasteiger partial charge is 0.273 e. The van der Waals surface area contributed by atoms with E-state index in [0.717, 1.165) is 11.3 Å². The summed E-state index contributed by atoms with van der Waals surface area (Å²) in [6.45, 7) is 2.42. The average molecular weight is 247 g/mol. The molecule has 0 amide bonds. The van der Waals surface area contributed by atoms with Crippen molar-refractivity contribution in [2.24, 2.45) is 0 Å². The number of hydrogen-bond donors (Lipinski definition) is 0. The second-order valence-electron chi connectivity index (χ2n) is 3.93. The van der Waals surface area contributed by atoms with Gasteiger partial charge in [-0.3, -0.25) is 14.8 Å². The molecule has 0 atom stereocenters. The zero-order valence-electron chi connectivity index (χ0n) is 10.2. The summed E-state index contributed by atoms with van der Waals surface area (Å²) in [6, 6.07) is 6.59. The van der Waals surface area contributed by atoms with E-state index >= 15 is 0 Å². The van der Waals surface area contributed by atoms with Crippen molar-refractivity contribution in [1.82, 2.24) is 9.78 Å². The third-order valence-electron chi connectivity index (χ3n) is 2.66. The molecule has 0 saturated carbocycles. The van der Waals surface area contributed by atoms with Gasteiger partial charge in [-0.15, -0.1) is 0 Å². The first-order valence-corrected chi connectivity index (χ1v) is 5.41. The van der Waals surface area contributed by atoms with Crippen LogP contribution in [0.2, 0.25) is 0 Å². The highest BCUT2D eigenvalue weighted by Crippen LogP contribution is 2.23. The number of aromatic nitrogens is 2. The zero-order valence-corrected chi connectivity index (χ0v) is 10.2. The van der Waals surface area contributed by atoms with Crippen LogP contribution in [0.25, 0.3) is 0 Å². The Hall–Kier alpha value is -2.37. The lowest BCUT2D eigenvalue weighted by Crippen LogP contribution is -2.04. The molecule has 0 fully saturated rings. The minimum Gasteiger partial charge on any atom is -0.496 e. The Labute approximate surface area is 104 Å². The van der Waals surface area contributed by atoms with E-state index in [1.807, 2.05) is 13.0 Å². The summed E-state index contributed by atoms with van der Waals surface area (Å²) >= 11 is 0. The highest BCUT2D eigenvalue weighted by Gasteiger charge is 2.11. The lowest BCUT2D eigenvalue weighted by atomic mass is 10.2. The van der Waals surface area contributed by atoms with Crippen LogP contribution in [0.1, 0.15) is 11.3 Å². The quantitative estimate of drug-likeness (QED) is 0.613. The number of ether oxygens (including phenoxy) is 1. The highest BCUT2D eigenvalue weighted by molar-refractivity contribution is 5.42. The van der Waals surface area contributed by atoms with Crippen LogP contribution in [0, 0.1) is 17.0 Å². The van der Waals surface area contributed by atoms with Gasteiger partial charge < -0.3 is 4.74 Å². The summed E-state index contributed by atoms with van der Waals surface area (Å²) in [5.41, 5.74) is 1.81. The van der Waals surface area contributed by atoms with E-state index < -0.39 is 4.92 Å². The van der Waals surface area contributed by atoms with Crippen molar-refractivity contribution in [3.63, 3.8) is 0 Å². The van der Waals surface area contributed by atoms with Gasteiger partial charge >= 0.3 is 0 Å². The molecule has 0 aliphatic carbocycles. The Morgan fingerprint density at radius 3 is 2.78 bits per heavy atom. The maximum atomic E-state index is 10.8. The van der Waals surface area contributed by atoms with E-state index in [-0.39, 0.29) is 5.69 Å². The molecule has 18 heavy (non-hydrogen) atoms. The molecule has 0 N–H and O–H groups in total. The molecule has 0 radical (unpaired) electrons. The monoisotopic (exact) mass is 247 g/mol. The van der Waals surface area contributed by atoms with Gasteiger partial charge in [0.2, 0.25) is 0 Å². The maximum Gasteiger partial charge on any atom is 0.273 e. The third kappa shape index (κ3) is 2.48. The van der Waals surface area contributed by atoms with E-state index in [9.17, 15) is 10.1 Å². The molecule has 0 unspecified atom stereocenters. The molecule has 0 spiro atoms. The van der Waals surface area contributed by atoms with Crippen LogP contribution < -0.4 is 4.74 Å². The van der Waals surface area contributed by atoms with Gasteiger partial charge in [0.1, 0.15) is 5.75 Å². The van der Waals surface area contributed by atoms with Crippen molar-refractivity contribution >= 4 is 5.69 Å². The zero-order chi connectivity index (χ0) is 13.1. The van der Waals surface area contributed by atoms with Crippen molar-refractivity contribution in [3.8, 4) is 5.75 Å². The molecule has 0 saturated heterocycles. The first-order chi connectivity index (χ1) is 8.60. The number of non-ortho nitro benzene ring substituents is 1. The number of methoxy groups -OCH3 is 1. The van der Waals surface area contributed by atoms with Crippen LogP contribution in [-0.4, -0.2) is 21.8 Å². The summed E-state index contributed by atoms with van der Waals surface area (Å²) < 4.78 is 6.84. The lowest BCUT2D eigenvalue weighted by molar-refractivity contribution is -0.385. The van der Waals surface area contributed by atoms with Gasteiger partial charge in [-0.1, -0.05) is 0 Å². The summed E-state index contributed by atoms with van der Waals surface area (Å²) in [5.74, 6) is 0.476. The molecule has 1 aromatic carbocycles. The molecule has 2 rings (SSSR count). The van der Waals surface area contributed by atoms with E-state index in [1.165, 1.54) is 19.2 Å². The van der Waals surface area contributed by atoms with Crippen LogP contribution >= 0.6 is 0 Å².